The number of nitrogens with two attached hydrogens (primary N) is 1. The van der Waals surface area contributed by atoms with Crippen molar-refractivity contribution in [1.29, 1.82) is 0 Å². The molecule has 2 rings (SSSR count). The van der Waals surface area contributed by atoms with Gasteiger partial charge in [0.1, 0.15) is 0 Å². The number of rotatable bonds is 4. The molecule has 2 aliphatic rings. The Kier molecular flexibility index (Phi) is 5.43. The maximum atomic E-state index is 5.95. The van der Waals surface area contributed by atoms with Crippen LogP contribution in [0.2, 0.25) is 0 Å². The van der Waals surface area contributed by atoms with Gasteiger partial charge in [-0.15, -0.1) is 12.6 Å². The van der Waals surface area contributed by atoms with Gasteiger partial charge in [0.2, 0.25) is 0 Å². The van der Waals surface area contributed by atoms with E-state index in [0.717, 1.165) is 19.4 Å². The minimum absolute atomic E-state index is 0.374. The molecule has 1 unspecified atom stereocenters. The summed E-state index contributed by atoms with van der Waals surface area (Å²) in [6.07, 6.45) is 9.78. The van der Waals surface area contributed by atoms with E-state index in [0.29, 0.717) is 17.3 Å². The Morgan fingerprint density at radius 2 is 2.14 bits per heavy atom. The summed E-state index contributed by atoms with van der Waals surface area (Å²) in [4.78, 5) is 1.27. The molecule has 2 atom stereocenters. The van der Waals surface area contributed by atoms with Crippen molar-refractivity contribution in [2.75, 3.05) is 6.54 Å². The normalized spacial score (nSPS) is 29.9. The SMILES string of the molecule is C=C(C)/C(=C\C1CCC[C@H]1CN)C1=C(S)CCC(C)(C)C1. The lowest BCUT2D eigenvalue weighted by Crippen LogP contribution is -2.20. The fourth-order valence-electron chi connectivity index (χ4n) is 3.82. The van der Waals surface area contributed by atoms with Crippen LogP contribution in [0.15, 0.2) is 34.3 Å². The number of allylic oxidation sites excluding steroid dienone is 5. The average Bonchev–Trinajstić information content (AvgIpc) is 2.86. The molecule has 0 aromatic heterocycles. The van der Waals surface area contributed by atoms with E-state index >= 15 is 0 Å². The molecule has 0 amide bonds. The second-order valence-electron chi connectivity index (χ2n) is 7.72. The molecule has 0 radical (unpaired) electrons. The first kappa shape index (κ1) is 16.9. The summed E-state index contributed by atoms with van der Waals surface area (Å²) < 4.78 is 0. The zero-order chi connectivity index (χ0) is 15.6. The Bertz CT molecular complexity index is 470. The molecule has 0 saturated heterocycles. The van der Waals surface area contributed by atoms with E-state index in [1.54, 1.807) is 0 Å². The molecule has 2 heteroatoms. The summed E-state index contributed by atoms with van der Waals surface area (Å²) in [6.45, 7) is 11.9. The average molecular weight is 306 g/mol. The monoisotopic (exact) mass is 305 g/mol. The van der Waals surface area contributed by atoms with Gasteiger partial charge in [-0.2, -0.15) is 0 Å². The fourth-order valence-corrected chi connectivity index (χ4v) is 4.13. The highest BCUT2D eigenvalue weighted by Crippen LogP contribution is 2.45. The molecule has 118 valence electrons. The number of hydrogen-bond acceptors (Lipinski definition) is 2. The van der Waals surface area contributed by atoms with Crippen LogP contribution in [0.1, 0.15) is 59.3 Å². The molecule has 1 nitrogen and oxygen atoms in total. The Morgan fingerprint density at radius 3 is 2.76 bits per heavy atom. The smallest absolute Gasteiger partial charge is 0.00432 e. The minimum Gasteiger partial charge on any atom is -0.330 e. The van der Waals surface area contributed by atoms with Crippen LogP contribution in [0.3, 0.4) is 0 Å². The van der Waals surface area contributed by atoms with Crippen LogP contribution in [0.25, 0.3) is 0 Å². The zero-order valence-corrected chi connectivity index (χ0v) is 14.8. The van der Waals surface area contributed by atoms with Crippen LogP contribution < -0.4 is 5.73 Å². The number of hydrogen-bond donors (Lipinski definition) is 2. The Balaban J connectivity index is 2.33. The first-order valence-corrected chi connectivity index (χ1v) is 8.78. The highest BCUT2D eigenvalue weighted by atomic mass is 32.1. The molecule has 21 heavy (non-hydrogen) atoms. The molecule has 0 aromatic rings. The molecule has 0 spiro atoms. The molecule has 1 saturated carbocycles. The predicted molar refractivity (Wildman–Crippen MR) is 96.4 cm³/mol. The van der Waals surface area contributed by atoms with E-state index in [9.17, 15) is 0 Å². The summed E-state index contributed by atoms with van der Waals surface area (Å²) in [5, 5.41) is 0. The van der Waals surface area contributed by atoms with Crippen molar-refractivity contribution in [2.45, 2.75) is 59.3 Å². The van der Waals surface area contributed by atoms with Crippen LogP contribution in [-0.2, 0) is 0 Å². The number of thiol groups is 1. The van der Waals surface area contributed by atoms with Crippen LogP contribution in [0.5, 0.6) is 0 Å². The highest BCUT2D eigenvalue weighted by Gasteiger charge is 2.30. The van der Waals surface area contributed by atoms with Gasteiger partial charge in [0.25, 0.3) is 0 Å². The molecule has 1 fully saturated rings. The third-order valence-electron chi connectivity index (χ3n) is 5.23. The van der Waals surface area contributed by atoms with Crippen LogP contribution in [0, 0.1) is 17.3 Å². The predicted octanol–water partition coefficient (Wildman–Crippen LogP) is 5.26. The van der Waals surface area contributed by atoms with Crippen molar-refractivity contribution in [3.8, 4) is 0 Å². The van der Waals surface area contributed by atoms with Gasteiger partial charge in [-0.05, 0) is 78.9 Å². The minimum atomic E-state index is 0.374. The molecule has 0 aromatic carbocycles. The highest BCUT2D eigenvalue weighted by molar-refractivity contribution is 7.84. The topological polar surface area (TPSA) is 26.0 Å². The third-order valence-corrected chi connectivity index (χ3v) is 5.72. The first-order chi connectivity index (χ1) is 9.84. The lowest BCUT2D eigenvalue weighted by atomic mass is 9.74. The second kappa shape index (κ2) is 6.75. The molecular weight excluding hydrogens is 274 g/mol. The fraction of sp³-hybridized carbons (Fsp3) is 0.684. The van der Waals surface area contributed by atoms with Crippen molar-refractivity contribution < 1.29 is 0 Å². The van der Waals surface area contributed by atoms with Crippen molar-refractivity contribution in [1.82, 2.24) is 0 Å². The summed E-state index contributed by atoms with van der Waals surface area (Å²) in [5.41, 5.74) is 10.3. The third kappa shape index (κ3) is 4.04. The zero-order valence-electron chi connectivity index (χ0n) is 13.9. The standard InChI is InChI=1S/C19H31NS/c1-13(2)16(10-14-6-5-7-15(14)12-20)17-11-19(3,4)9-8-18(17)21/h10,14-15,21H,1,5-9,11-12,20H2,2-4H3/b16-10+/t14?,15-/m0/s1. The van der Waals surface area contributed by atoms with E-state index in [1.807, 2.05) is 0 Å². The summed E-state index contributed by atoms with van der Waals surface area (Å²) in [7, 11) is 0. The van der Waals surface area contributed by atoms with Gasteiger partial charge >= 0.3 is 0 Å². The van der Waals surface area contributed by atoms with Crippen LogP contribution >= 0.6 is 12.6 Å². The molecule has 0 bridgehead atoms. The molecular formula is C19H31NS. The van der Waals surface area contributed by atoms with Gasteiger partial charge in [0, 0.05) is 0 Å². The quantitative estimate of drug-likeness (QED) is 0.538. The van der Waals surface area contributed by atoms with E-state index in [-0.39, 0.29) is 0 Å². The van der Waals surface area contributed by atoms with Gasteiger partial charge in [-0.1, -0.05) is 38.5 Å². The Hall–Kier alpha value is -0.470. The largest absolute Gasteiger partial charge is 0.330 e. The molecule has 2 aliphatic carbocycles. The van der Waals surface area contributed by atoms with Crippen LogP contribution in [-0.4, -0.2) is 6.54 Å². The van der Waals surface area contributed by atoms with Crippen molar-refractivity contribution >= 4 is 12.6 Å². The van der Waals surface area contributed by atoms with Crippen molar-refractivity contribution in [2.24, 2.45) is 23.0 Å². The lowest BCUT2D eigenvalue weighted by Gasteiger charge is -2.33. The maximum absolute atomic E-state index is 5.95. The summed E-state index contributed by atoms with van der Waals surface area (Å²) >= 11 is 4.78. The van der Waals surface area contributed by atoms with Crippen molar-refractivity contribution in [3.63, 3.8) is 0 Å². The van der Waals surface area contributed by atoms with Gasteiger partial charge in [-0.3, -0.25) is 0 Å². The maximum Gasteiger partial charge on any atom is -0.00432 e. The summed E-state index contributed by atoms with van der Waals surface area (Å²) in [5.74, 6) is 1.28. The molecule has 0 aliphatic heterocycles. The Labute approximate surface area is 136 Å². The van der Waals surface area contributed by atoms with E-state index in [4.69, 9.17) is 18.4 Å². The van der Waals surface area contributed by atoms with Crippen LogP contribution in [0.4, 0.5) is 0 Å². The molecule has 0 heterocycles. The second-order valence-corrected chi connectivity index (χ2v) is 8.26. The first-order valence-electron chi connectivity index (χ1n) is 8.33. The van der Waals surface area contributed by atoms with E-state index in [1.165, 1.54) is 47.3 Å². The van der Waals surface area contributed by atoms with E-state index < -0.39 is 0 Å². The Morgan fingerprint density at radius 1 is 1.43 bits per heavy atom. The molecule has 2 N–H and O–H groups in total. The summed E-state index contributed by atoms with van der Waals surface area (Å²) in [6, 6.07) is 0. The van der Waals surface area contributed by atoms with Crippen molar-refractivity contribution in [3.05, 3.63) is 34.3 Å². The van der Waals surface area contributed by atoms with Gasteiger partial charge in [0.15, 0.2) is 0 Å². The van der Waals surface area contributed by atoms with Gasteiger partial charge in [0.05, 0.1) is 0 Å². The van der Waals surface area contributed by atoms with E-state index in [2.05, 4.69) is 33.4 Å². The van der Waals surface area contributed by atoms with Gasteiger partial charge < -0.3 is 5.73 Å². The van der Waals surface area contributed by atoms with Gasteiger partial charge in [-0.25, -0.2) is 0 Å². The lowest BCUT2D eigenvalue weighted by molar-refractivity contribution is 0.320.